The third kappa shape index (κ3) is 1.99. The summed E-state index contributed by atoms with van der Waals surface area (Å²) in [6.07, 6.45) is 0. The van der Waals surface area contributed by atoms with Gasteiger partial charge in [-0.2, -0.15) is 0 Å². The molecule has 1 aliphatic rings. The van der Waals surface area contributed by atoms with Crippen molar-refractivity contribution in [2.24, 2.45) is 0 Å². The Labute approximate surface area is 103 Å². The molecule has 0 amide bonds. The molecule has 0 bridgehead atoms. The van der Waals surface area contributed by atoms with Gasteiger partial charge in [0.05, 0.1) is 23.2 Å². The van der Waals surface area contributed by atoms with Gasteiger partial charge in [0, 0.05) is 13.6 Å². The van der Waals surface area contributed by atoms with Crippen molar-refractivity contribution < 1.29 is 8.42 Å². The molecule has 0 unspecified atom stereocenters. The molecule has 0 saturated heterocycles. The molecule has 5 heteroatoms. The fraction of sp³-hybridized carbons (Fsp3) is 0.500. The highest BCUT2D eigenvalue weighted by Crippen LogP contribution is 2.34. The zero-order chi connectivity index (χ0) is 12.6. The lowest BCUT2D eigenvalue weighted by Gasteiger charge is -2.36. The molecule has 2 rings (SSSR count). The molecular weight excluding hydrogens is 236 g/mol. The van der Waals surface area contributed by atoms with Crippen LogP contribution in [0.25, 0.3) is 0 Å². The Morgan fingerprint density at radius 1 is 1.12 bits per heavy atom. The number of rotatable bonds is 2. The first-order valence-corrected chi connectivity index (χ1v) is 7.26. The maximum Gasteiger partial charge on any atom is 0.237 e. The van der Waals surface area contributed by atoms with Crippen LogP contribution >= 0.6 is 0 Å². The standard InChI is InChI=1S/C12H18N2O2S/c1-10(2)17(15,16)14-9-8-13(3)11-6-4-5-7-12(11)14/h4-7,10H,8-9H2,1-3H3. The highest BCUT2D eigenvalue weighted by molar-refractivity contribution is 7.93. The van der Waals surface area contributed by atoms with E-state index in [0.29, 0.717) is 6.54 Å². The maximum absolute atomic E-state index is 12.3. The number of hydrogen-bond acceptors (Lipinski definition) is 3. The summed E-state index contributed by atoms with van der Waals surface area (Å²) in [5.41, 5.74) is 1.76. The lowest BCUT2D eigenvalue weighted by Crippen LogP contribution is -2.45. The molecule has 0 atom stereocenters. The van der Waals surface area contributed by atoms with Crippen LogP contribution in [0.15, 0.2) is 24.3 Å². The predicted octanol–water partition coefficient (Wildman–Crippen LogP) is 1.68. The summed E-state index contributed by atoms with van der Waals surface area (Å²) in [4.78, 5) is 2.08. The number of para-hydroxylation sites is 2. The van der Waals surface area contributed by atoms with Crippen molar-refractivity contribution in [3.63, 3.8) is 0 Å². The fourth-order valence-corrected chi connectivity index (χ4v) is 3.27. The Hall–Kier alpha value is -1.23. The number of anilines is 2. The van der Waals surface area contributed by atoms with Crippen molar-refractivity contribution in [3.05, 3.63) is 24.3 Å². The van der Waals surface area contributed by atoms with Crippen molar-refractivity contribution in [1.29, 1.82) is 0 Å². The number of nitrogens with zero attached hydrogens (tertiary/aromatic N) is 2. The van der Waals surface area contributed by atoms with Crippen LogP contribution in [0.1, 0.15) is 13.8 Å². The molecule has 0 aromatic heterocycles. The van der Waals surface area contributed by atoms with Gasteiger partial charge in [0.25, 0.3) is 0 Å². The van der Waals surface area contributed by atoms with Crippen molar-refractivity contribution in [3.8, 4) is 0 Å². The van der Waals surface area contributed by atoms with Gasteiger partial charge in [-0.3, -0.25) is 4.31 Å². The third-order valence-corrected chi connectivity index (χ3v) is 5.29. The van der Waals surface area contributed by atoms with Gasteiger partial charge < -0.3 is 4.90 Å². The average Bonchev–Trinajstić information content (AvgIpc) is 2.29. The van der Waals surface area contributed by atoms with Crippen LogP contribution < -0.4 is 9.21 Å². The van der Waals surface area contributed by atoms with Crippen molar-refractivity contribution in [1.82, 2.24) is 0 Å². The van der Waals surface area contributed by atoms with E-state index in [9.17, 15) is 8.42 Å². The van der Waals surface area contributed by atoms with Gasteiger partial charge in [-0.1, -0.05) is 12.1 Å². The van der Waals surface area contributed by atoms with Crippen LogP contribution in [0, 0.1) is 0 Å². The molecule has 0 aliphatic carbocycles. The molecule has 1 aliphatic heterocycles. The summed E-state index contributed by atoms with van der Waals surface area (Å²) in [5, 5.41) is -0.390. The minimum absolute atomic E-state index is 0.390. The lowest BCUT2D eigenvalue weighted by atomic mass is 10.2. The van der Waals surface area contributed by atoms with Crippen molar-refractivity contribution in [2.75, 3.05) is 29.3 Å². The van der Waals surface area contributed by atoms with Crippen LogP contribution in [-0.4, -0.2) is 33.8 Å². The molecule has 1 heterocycles. The van der Waals surface area contributed by atoms with Gasteiger partial charge >= 0.3 is 0 Å². The largest absolute Gasteiger partial charge is 0.371 e. The van der Waals surface area contributed by atoms with Crippen LogP contribution in [0.5, 0.6) is 0 Å². The Bertz CT molecular complexity index is 511. The highest BCUT2D eigenvalue weighted by Gasteiger charge is 2.31. The maximum atomic E-state index is 12.3. The molecule has 0 saturated carbocycles. The Morgan fingerprint density at radius 3 is 2.29 bits per heavy atom. The zero-order valence-corrected chi connectivity index (χ0v) is 11.2. The smallest absolute Gasteiger partial charge is 0.237 e. The lowest BCUT2D eigenvalue weighted by molar-refractivity contribution is 0.580. The number of benzene rings is 1. The van der Waals surface area contributed by atoms with Crippen molar-refractivity contribution in [2.45, 2.75) is 19.1 Å². The van der Waals surface area contributed by atoms with E-state index in [-0.39, 0.29) is 5.25 Å². The van der Waals surface area contributed by atoms with Gasteiger partial charge in [0.2, 0.25) is 10.0 Å². The summed E-state index contributed by atoms with van der Waals surface area (Å²) >= 11 is 0. The quantitative estimate of drug-likeness (QED) is 0.806. The highest BCUT2D eigenvalue weighted by atomic mass is 32.2. The molecule has 0 spiro atoms. The van der Waals surface area contributed by atoms with E-state index >= 15 is 0 Å². The third-order valence-electron chi connectivity index (χ3n) is 3.10. The minimum atomic E-state index is -3.23. The second-order valence-electron chi connectivity index (χ2n) is 4.58. The number of likely N-dealkylation sites (N-methyl/N-ethyl adjacent to an activating group) is 1. The van der Waals surface area contributed by atoms with E-state index in [2.05, 4.69) is 4.90 Å². The molecule has 4 nitrogen and oxygen atoms in total. The van der Waals surface area contributed by atoms with E-state index in [4.69, 9.17) is 0 Å². The average molecular weight is 254 g/mol. The first-order valence-electron chi connectivity index (χ1n) is 5.76. The Kier molecular flexibility index (Phi) is 3.03. The predicted molar refractivity (Wildman–Crippen MR) is 71.1 cm³/mol. The van der Waals surface area contributed by atoms with Gasteiger partial charge in [0.15, 0.2) is 0 Å². The van der Waals surface area contributed by atoms with E-state index in [1.165, 1.54) is 4.31 Å². The Morgan fingerprint density at radius 2 is 1.71 bits per heavy atom. The first kappa shape index (κ1) is 12.2. The van der Waals surface area contributed by atoms with Gasteiger partial charge in [-0.15, -0.1) is 0 Å². The van der Waals surface area contributed by atoms with Crippen LogP contribution in [0.4, 0.5) is 11.4 Å². The fourth-order valence-electron chi connectivity index (χ4n) is 2.00. The normalized spacial score (nSPS) is 16.2. The second kappa shape index (κ2) is 4.22. The number of hydrogen-bond donors (Lipinski definition) is 0. The van der Waals surface area contributed by atoms with Crippen LogP contribution in [0.3, 0.4) is 0 Å². The molecule has 94 valence electrons. The van der Waals surface area contributed by atoms with E-state index in [1.807, 2.05) is 31.3 Å². The molecule has 0 fully saturated rings. The molecule has 0 radical (unpaired) electrons. The van der Waals surface area contributed by atoms with E-state index in [0.717, 1.165) is 17.9 Å². The molecule has 1 aromatic rings. The van der Waals surface area contributed by atoms with Gasteiger partial charge in [0.1, 0.15) is 0 Å². The molecule has 0 N–H and O–H groups in total. The monoisotopic (exact) mass is 254 g/mol. The molecular formula is C12H18N2O2S. The topological polar surface area (TPSA) is 40.6 Å². The first-order chi connectivity index (χ1) is 7.94. The number of sulfonamides is 1. The van der Waals surface area contributed by atoms with Crippen LogP contribution in [-0.2, 0) is 10.0 Å². The SMILES string of the molecule is CC(C)S(=O)(=O)N1CCN(C)c2ccccc21. The summed E-state index contributed by atoms with van der Waals surface area (Å²) < 4.78 is 26.1. The molecule has 17 heavy (non-hydrogen) atoms. The number of fused-ring (bicyclic) bond motifs is 1. The Balaban J connectivity index is 2.51. The zero-order valence-electron chi connectivity index (χ0n) is 10.4. The van der Waals surface area contributed by atoms with E-state index in [1.54, 1.807) is 13.8 Å². The summed E-state index contributed by atoms with van der Waals surface area (Å²) in [6, 6.07) is 7.63. The minimum Gasteiger partial charge on any atom is -0.371 e. The van der Waals surface area contributed by atoms with E-state index < -0.39 is 10.0 Å². The van der Waals surface area contributed by atoms with Gasteiger partial charge in [-0.05, 0) is 26.0 Å². The van der Waals surface area contributed by atoms with Gasteiger partial charge in [-0.25, -0.2) is 8.42 Å². The molecule has 1 aromatic carbocycles. The van der Waals surface area contributed by atoms with Crippen molar-refractivity contribution >= 4 is 21.4 Å². The summed E-state index contributed by atoms with van der Waals surface area (Å²) in [7, 11) is -1.25. The summed E-state index contributed by atoms with van der Waals surface area (Å²) in [5.74, 6) is 0. The second-order valence-corrected chi connectivity index (χ2v) is 6.99. The summed E-state index contributed by atoms with van der Waals surface area (Å²) in [6.45, 7) is 4.68. The van der Waals surface area contributed by atoms with Crippen LogP contribution in [0.2, 0.25) is 0 Å².